The van der Waals surface area contributed by atoms with Crippen molar-refractivity contribution in [3.63, 3.8) is 0 Å². The summed E-state index contributed by atoms with van der Waals surface area (Å²) < 4.78 is 5.12. The number of rotatable bonds is 7. The molecule has 0 spiro atoms. The molecule has 0 aliphatic carbocycles. The summed E-state index contributed by atoms with van der Waals surface area (Å²) >= 11 is 0. The number of Topliss-reactive ketones (excluding diaryl/α,β-unsaturated/α-hetero) is 1. The highest BCUT2D eigenvalue weighted by Crippen LogP contribution is 2.20. The molecule has 1 aliphatic heterocycles. The molecule has 2 aromatic rings. The van der Waals surface area contributed by atoms with Crippen LogP contribution in [0.2, 0.25) is 0 Å². The van der Waals surface area contributed by atoms with Gasteiger partial charge in [-0.15, -0.1) is 0 Å². The number of ketones is 1. The van der Waals surface area contributed by atoms with Crippen molar-refractivity contribution in [1.29, 1.82) is 0 Å². The van der Waals surface area contributed by atoms with E-state index in [0.717, 1.165) is 5.69 Å². The van der Waals surface area contributed by atoms with Crippen molar-refractivity contribution in [2.24, 2.45) is 0 Å². The lowest BCUT2D eigenvalue weighted by atomic mass is 10.1. The van der Waals surface area contributed by atoms with Gasteiger partial charge in [0.05, 0.1) is 6.61 Å². The smallest absolute Gasteiger partial charge is 0.253 e. The minimum atomic E-state index is -0.133. The van der Waals surface area contributed by atoms with E-state index in [1.54, 1.807) is 41.3 Å². The maximum atomic E-state index is 12.1. The predicted octanol–water partition coefficient (Wildman–Crippen LogP) is 3.04. The third-order valence-electron chi connectivity index (χ3n) is 4.35. The van der Waals surface area contributed by atoms with Gasteiger partial charge in [0.15, 0.2) is 5.78 Å². The Hall–Kier alpha value is -2.99. The van der Waals surface area contributed by atoms with Gasteiger partial charge in [-0.2, -0.15) is 0 Å². The fraction of sp³-hybridized carbons (Fsp3) is 0.286. The molecule has 0 bridgehead atoms. The van der Waals surface area contributed by atoms with Crippen molar-refractivity contribution in [2.45, 2.75) is 19.3 Å². The summed E-state index contributed by atoms with van der Waals surface area (Å²) in [5, 5.41) is 2.82. The van der Waals surface area contributed by atoms with Crippen LogP contribution >= 0.6 is 0 Å². The Kier molecular flexibility index (Phi) is 6.33. The van der Waals surface area contributed by atoms with Crippen LogP contribution in [0.3, 0.4) is 0 Å². The van der Waals surface area contributed by atoms with Crippen molar-refractivity contribution < 1.29 is 19.1 Å². The first kappa shape index (κ1) is 18.8. The number of benzene rings is 2. The van der Waals surface area contributed by atoms with Gasteiger partial charge in [-0.25, -0.2) is 0 Å². The molecule has 6 heteroatoms. The molecule has 3 rings (SSSR count). The van der Waals surface area contributed by atoms with Crippen LogP contribution in [-0.4, -0.2) is 37.4 Å². The Bertz CT molecular complexity index is 803. The van der Waals surface area contributed by atoms with Gasteiger partial charge in [0, 0.05) is 36.3 Å². The number of hydrogen-bond donors (Lipinski definition) is 1. The summed E-state index contributed by atoms with van der Waals surface area (Å²) in [5.74, 6) is -0.157. The van der Waals surface area contributed by atoms with Crippen LogP contribution < -0.4 is 10.2 Å². The van der Waals surface area contributed by atoms with Gasteiger partial charge in [0.25, 0.3) is 5.91 Å². The summed E-state index contributed by atoms with van der Waals surface area (Å²) in [4.78, 5) is 37.6. The molecule has 6 nitrogen and oxygen atoms in total. The molecular weight excluding hydrogens is 344 g/mol. The Morgan fingerprint density at radius 2 is 1.74 bits per heavy atom. The van der Waals surface area contributed by atoms with Crippen LogP contribution in [0, 0.1) is 0 Å². The molecule has 0 unspecified atom stereocenters. The lowest BCUT2D eigenvalue weighted by molar-refractivity contribution is -0.125. The number of ether oxygens (including phenoxy) is 1. The number of nitrogens with one attached hydrogen (secondary N) is 1. The molecule has 0 atom stereocenters. The highest BCUT2D eigenvalue weighted by molar-refractivity contribution is 5.97. The van der Waals surface area contributed by atoms with E-state index in [9.17, 15) is 14.4 Å². The van der Waals surface area contributed by atoms with Crippen LogP contribution in [0.15, 0.2) is 54.6 Å². The molecule has 1 saturated heterocycles. The van der Waals surface area contributed by atoms with E-state index in [-0.39, 0.29) is 30.6 Å². The van der Waals surface area contributed by atoms with E-state index in [2.05, 4.69) is 5.32 Å². The van der Waals surface area contributed by atoms with Crippen molar-refractivity contribution in [1.82, 2.24) is 0 Å². The molecule has 2 aromatic carbocycles. The summed E-state index contributed by atoms with van der Waals surface area (Å²) in [7, 11) is 0. The van der Waals surface area contributed by atoms with Crippen LogP contribution in [0.1, 0.15) is 29.6 Å². The van der Waals surface area contributed by atoms with Crippen LogP contribution in [0.5, 0.6) is 0 Å². The van der Waals surface area contributed by atoms with Gasteiger partial charge in [0.2, 0.25) is 5.91 Å². The van der Waals surface area contributed by atoms with Crippen molar-refractivity contribution in [3.05, 3.63) is 60.2 Å². The fourth-order valence-corrected chi connectivity index (χ4v) is 2.92. The van der Waals surface area contributed by atoms with E-state index in [4.69, 9.17) is 4.74 Å². The molecule has 0 saturated carbocycles. The Balaban J connectivity index is 1.45. The van der Waals surface area contributed by atoms with Crippen molar-refractivity contribution in [2.75, 3.05) is 30.0 Å². The second-order valence-electron chi connectivity index (χ2n) is 6.34. The molecule has 27 heavy (non-hydrogen) atoms. The maximum Gasteiger partial charge on any atom is 0.253 e. The molecule has 0 radical (unpaired) electrons. The Morgan fingerprint density at radius 1 is 1.00 bits per heavy atom. The summed E-state index contributed by atoms with van der Waals surface area (Å²) in [6, 6.07) is 16.2. The molecule has 1 N–H and O–H groups in total. The number of carbonyl (C=O) groups excluding carboxylic acids is 3. The number of nitrogens with zero attached hydrogens (tertiary/aromatic N) is 1. The Labute approximate surface area is 158 Å². The molecule has 1 heterocycles. The Morgan fingerprint density at radius 3 is 2.44 bits per heavy atom. The first-order valence-corrected chi connectivity index (χ1v) is 9.00. The highest BCUT2D eigenvalue weighted by atomic mass is 16.5. The average molecular weight is 366 g/mol. The van der Waals surface area contributed by atoms with Crippen molar-refractivity contribution >= 4 is 29.0 Å². The standard InChI is InChI=1S/C21H22N2O4/c24-19(16-5-2-1-3-6-16)7-4-8-20(25)22-17-9-11-18(12-10-17)23-13-14-27-15-21(23)26/h1-3,5-6,9-12H,4,7-8,13-15H2,(H,22,25). The second kappa shape index (κ2) is 9.09. The number of amides is 2. The van der Waals surface area contributed by atoms with Gasteiger partial charge in [0.1, 0.15) is 6.61 Å². The number of hydrogen-bond acceptors (Lipinski definition) is 4. The normalized spacial score (nSPS) is 14.1. The highest BCUT2D eigenvalue weighted by Gasteiger charge is 2.19. The quantitative estimate of drug-likeness (QED) is 0.764. The topological polar surface area (TPSA) is 75.7 Å². The molecular formula is C21H22N2O4. The lowest BCUT2D eigenvalue weighted by Crippen LogP contribution is -2.41. The molecule has 140 valence electrons. The number of carbonyl (C=O) groups is 3. The van der Waals surface area contributed by atoms with Gasteiger partial charge < -0.3 is 15.0 Å². The summed E-state index contributed by atoms with van der Waals surface area (Å²) in [6.07, 6.45) is 1.12. The summed E-state index contributed by atoms with van der Waals surface area (Å²) in [5.41, 5.74) is 2.12. The molecule has 0 aromatic heterocycles. The molecule has 1 fully saturated rings. The van der Waals surface area contributed by atoms with E-state index < -0.39 is 0 Å². The zero-order valence-electron chi connectivity index (χ0n) is 15.0. The number of anilines is 2. The predicted molar refractivity (Wildman–Crippen MR) is 103 cm³/mol. The number of morpholine rings is 1. The van der Waals surface area contributed by atoms with Gasteiger partial charge in [-0.1, -0.05) is 30.3 Å². The molecule has 2 amide bonds. The minimum Gasteiger partial charge on any atom is -0.370 e. The SMILES string of the molecule is O=C(CCCC(=O)c1ccccc1)Nc1ccc(N2CCOCC2=O)cc1. The first-order chi connectivity index (χ1) is 13.1. The van der Waals surface area contributed by atoms with Crippen molar-refractivity contribution in [3.8, 4) is 0 Å². The van der Waals surface area contributed by atoms with E-state index in [0.29, 0.717) is 37.2 Å². The largest absolute Gasteiger partial charge is 0.370 e. The minimum absolute atomic E-state index is 0.0444. The van der Waals surface area contributed by atoms with Crippen LogP contribution in [0.4, 0.5) is 11.4 Å². The molecule has 1 aliphatic rings. The second-order valence-corrected chi connectivity index (χ2v) is 6.34. The zero-order valence-corrected chi connectivity index (χ0v) is 15.0. The van der Waals surface area contributed by atoms with Gasteiger partial charge in [-0.05, 0) is 30.7 Å². The third kappa shape index (κ3) is 5.24. The van der Waals surface area contributed by atoms with Gasteiger partial charge in [-0.3, -0.25) is 14.4 Å². The maximum absolute atomic E-state index is 12.1. The first-order valence-electron chi connectivity index (χ1n) is 9.00. The monoisotopic (exact) mass is 366 g/mol. The third-order valence-corrected chi connectivity index (χ3v) is 4.35. The zero-order chi connectivity index (χ0) is 19.1. The van der Waals surface area contributed by atoms with Crippen LogP contribution in [0.25, 0.3) is 0 Å². The van der Waals surface area contributed by atoms with Crippen LogP contribution in [-0.2, 0) is 14.3 Å². The van der Waals surface area contributed by atoms with E-state index in [1.807, 2.05) is 18.2 Å². The lowest BCUT2D eigenvalue weighted by Gasteiger charge is -2.26. The fourth-order valence-electron chi connectivity index (χ4n) is 2.92. The van der Waals surface area contributed by atoms with Gasteiger partial charge >= 0.3 is 0 Å². The average Bonchev–Trinajstić information content (AvgIpc) is 2.70. The van der Waals surface area contributed by atoms with E-state index in [1.165, 1.54) is 0 Å². The summed E-state index contributed by atoms with van der Waals surface area (Å²) in [6.45, 7) is 1.14. The van der Waals surface area contributed by atoms with E-state index >= 15 is 0 Å².